The van der Waals surface area contributed by atoms with Gasteiger partial charge in [0.15, 0.2) is 0 Å². The van der Waals surface area contributed by atoms with Gasteiger partial charge in [-0.3, -0.25) is 9.69 Å². The number of hydrogen-bond donors (Lipinski definition) is 1. The number of halogens is 1. The number of hydrogen-bond acceptors (Lipinski definition) is 4. The minimum Gasteiger partial charge on any atom is -0.480 e. The molecule has 1 fully saturated rings. The third-order valence-corrected chi connectivity index (χ3v) is 4.60. The van der Waals surface area contributed by atoms with E-state index in [1.54, 1.807) is 6.08 Å². The first-order chi connectivity index (χ1) is 9.40. The number of thioether (sulfide) groups is 1. The van der Waals surface area contributed by atoms with Crippen molar-refractivity contribution < 1.29 is 14.7 Å². The van der Waals surface area contributed by atoms with Crippen LogP contribution in [0.25, 0.3) is 6.08 Å². The van der Waals surface area contributed by atoms with Crippen LogP contribution >= 0.6 is 39.9 Å². The van der Waals surface area contributed by atoms with Crippen molar-refractivity contribution in [2.45, 2.75) is 13.0 Å². The first kappa shape index (κ1) is 15.2. The summed E-state index contributed by atoms with van der Waals surface area (Å²) in [6.07, 6.45) is 1.71. The molecule has 1 aromatic carbocycles. The molecule has 0 bridgehead atoms. The second-order valence-electron chi connectivity index (χ2n) is 4.12. The van der Waals surface area contributed by atoms with Crippen LogP contribution in [0.3, 0.4) is 0 Å². The fourth-order valence-electron chi connectivity index (χ4n) is 1.63. The zero-order valence-electron chi connectivity index (χ0n) is 10.4. The third-order valence-electron chi connectivity index (χ3n) is 2.74. The Hall–Kier alpha value is -1.18. The van der Waals surface area contributed by atoms with Gasteiger partial charge in [-0.05, 0) is 30.7 Å². The van der Waals surface area contributed by atoms with Crippen LogP contribution in [0.2, 0.25) is 0 Å². The van der Waals surface area contributed by atoms with E-state index in [0.717, 1.165) is 26.7 Å². The van der Waals surface area contributed by atoms with E-state index in [4.69, 9.17) is 17.3 Å². The van der Waals surface area contributed by atoms with Crippen LogP contribution in [0, 0.1) is 0 Å². The molecule has 2 rings (SSSR count). The quantitative estimate of drug-likeness (QED) is 0.653. The summed E-state index contributed by atoms with van der Waals surface area (Å²) in [5.41, 5.74) is 0.858. The monoisotopic (exact) mass is 371 g/mol. The molecular weight excluding hydrogens is 362 g/mol. The standard InChI is InChI=1S/C13H10BrNO3S2/c1-7(12(17)18)15-11(16)10(20-13(15)19)6-8-2-4-9(14)5-3-8/h2-7H,1H3,(H,17,18)/b10-6-/t7-/m1/s1. The predicted molar refractivity (Wildman–Crippen MR) is 86.3 cm³/mol. The smallest absolute Gasteiger partial charge is 0.326 e. The van der Waals surface area contributed by atoms with E-state index in [9.17, 15) is 9.59 Å². The fraction of sp³-hybridized carbons (Fsp3) is 0.154. The van der Waals surface area contributed by atoms with Crippen LogP contribution in [-0.4, -0.2) is 32.2 Å². The Balaban J connectivity index is 2.28. The second-order valence-corrected chi connectivity index (χ2v) is 6.71. The number of carboxylic acids is 1. The SMILES string of the molecule is C[C@H](C(=O)O)N1C(=O)/C(=C/c2ccc(Br)cc2)SC1=S. The van der Waals surface area contributed by atoms with E-state index in [-0.39, 0.29) is 10.2 Å². The average Bonchev–Trinajstić information content (AvgIpc) is 2.66. The lowest BCUT2D eigenvalue weighted by atomic mass is 10.2. The van der Waals surface area contributed by atoms with Crippen LogP contribution in [0.5, 0.6) is 0 Å². The van der Waals surface area contributed by atoms with Crippen molar-refractivity contribution >= 4 is 62.2 Å². The van der Waals surface area contributed by atoms with E-state index < -0.39 is 12.0 Å². The molecule has 20 heavy (non-hydrogen) atoms. The van der Waals surface area contributed by atoms with E-state index in [1.807, 2.05) is 24.3 Å². The normalized spacial score (nSPS) is 18.7. The molecule has 0 radical (unpaired) electrons. The Kier molecular flexibility index (Phi) is 4.62. The molecule has 0 spiro atoms. The van der Waals surface area contributed by atoms with Gasteiger partial charge in [-0.2, -0.15) is 0 Å². The second kappa shape index (κ2) is 6.07. The first-order valence-electron chi connectivity index (χ1n) is 5.65. The maximum absolute atomic E-state index is 12.2. The topological polar surface area (TPSA) is 57.6 Å². The van der Waals surface area contributed by atoms with Gasteiger partial charge in [0.1, 0.15) is 10.4 Å². The summed E-state index contributed by atoms with van der Waals surface area (Å²) in [5, 5.41) is 9.00. The van der Waals surface area contributed by atoms with E-state index in [1.165, 1.54) is 6.92 Å². The molecule has 1 heterocycles. The van der Waals surface area contributed by atoms with Gasteiger partial charge >= 0.3 is 5.97 Å². The number of thiocarbonyl (C=S) groups is 1. The summed E-state index contributed by atoms with van der Waals surface area (Å²) in [7, 11) is 0. The highest BCUT2D eigenvalue weighted by molar-refractivity contribution is 9.10. The van der Waals surface area contributed by atoms with Crippen LogP contribution < -0.4 is 0 Å². The summed E-state index contributed by atoms with van der Waals surface area (Å²) >= 11 is 9.54. The van der Waals surface area contributed by atoms with Gasteiger partial charge in [0.05, 0.1) is 4.91 Å². The molecule has 7 heteroatoms. The molecular formula is C13H10BrNO3S2. The van der Waals surface area contributed by atoms with Crippen LogP contribution in [0.15, 0.2) is 33.6 Å². The minimum atomic E-state index is -1.08. The van der Waals surface area contributed by atoms with Gasteiger partial charge in [0.25, 0.3) is 5.91 Å². The lowest BCUT2D eigenvalue weighted by Gasteiger charge is -2.18. The van der Waals surface area contributed by atoms with Crippen molar-refractivity contribution in [3.8, 4) is 0 Å². The average molecular weight is 372 g/mol. The van der Waals surface area contributed by atoms with E-state index in [0.29, 0.717) is 4.91 Å². The zero-order valence-corrected chi connectivity index (χ0v) is 13.6. The molecule has 0 unspecified atom stereocenters. The fourth-order valence-corrected chi connectivity index (χ4v) is 3.32. The van der Waals surface area contributed by atoms with Gasteiger partial charge in [0, 0.05) is 4.47 Å². The van der Waals surface area contributed by atoms with Gasteiger partial charge < -0.3 is 5.11 Å². The molecule has 0 saturated carbocycles. The lowest BCUT2D eigenvalue weighted by molar-refractivity contribution is -0.144. The van der Waals surface area contributed by atoms with Gasteiger partial charge in [-0.1, -0.05) is 52.0 Å². The van der Waals surface area contributed by atoms with Gasteiger partial charge in [-0.15, -0.1) is 0 Å². The maximum Gasteiger partial charge on any atom is 0.326 e. The summed E-state index contributed by atoms with van der Waals surface area (Å²) in [6.45, 7) is 1.44. The minimum absolute atomic E-state index is 0.272. The van der Waals surface area contributed by atoms with Crippen LogP contribution in [0.1, 0.15) is 12.5 Å². The molecule has 0 aliphatic carbocycles. The summed E-state index contributed by atoms with van der Waals surface area (Å²) in [5.74, 6) is -1.44. The molecule has 4 nitrogen and oxygen atoms in total. The largest absolute Gasteiger partial charge is 0.480 e. The molecule has 1 saturated heterocycles. The van der Waals surface area contributed by atoms with Crippen molar-refractivity contribution in [1.82, 2.24) is 4.90 Å². The summed E-state index contributed by atoms with van der Waals surface area (Å²) in [4.78, 5) is 24.8. The summed E-state index contributed by atoms with van der Waals surface area (Å²) in [6, 6.07) is 6.49. The molecule has 1 aromatic rings. The Morgan fingerprint density at radius 3 is 2.60 bits per heavy atom. The van der Waals surface area contributed by atoms with Crippen molar-refractivity contribution in [2.24, 2.45) is 0 Å². The number of benzene rings is 1. The van der Waals surface area contributed by atoms with Crippen molar-refractivity contribution in [3.05, 3.63) is 39.2 Å². The number of carbonyl (C=O) groups is 2. The Labute approximate surface area is 134 Å². The molecule has 0 aromatic heterocycles. The van der Waals surface area contributed by atoms with Gasteiger partial charge in [0.2, 0.25) is 0 Å². The maximum atomic E-state index is 12.2. The number of aliphatic carboxylic acids is 1. The van der Waals surface area contributed by atoms with Crippen molar-refractivity contribution in [2.75, 3.05) is 0 Å². The number of nitrogens with zero attached hydrogens (tertiary/aromatic N) is 1. The molecule has 1 aliphatic heterocycles. The van der Waals surface area contributed by atoms with Crippen molar-refractivity contribution in [3.63, 3.8) is 0 Å². The Bertz CT molecular complexity index is 613. The number of amides is 1. The third kappa shape index (κ3) is 3.11. The highest BCUT2D eigenvalue weighted by Crippen LogP contribution is 2.34. The number of rotatable bonds is 3. The summed E-state index contributed by atoms with van der Waals surface area (Å²) < 4.78 is 1.22. The molecule has 1 atom stereocenters. The van der Waals surface area contributed by atoms with E-state index in [2.05, 4.69) is 15.9 Å². The van der Waals surface area contributed by atoms with E-state index >= 15 is 0 Å². The zero-order chi connectivity index (χ0) is 14.9. The van der Waals surface area contributed by atoms with Gasteiger partial charge in [-0.25, -0.2) is 4.79 Å². The highest BCUT2D eigenvalue weighted by Gasteiger charge is 2.38. The number of carbonyl (C=O) groups excluding carboxylic acids is 1. The van der Waals surface area contributed by atoms with Crippen LogP contribution in [-0.2, 0) is 9.59 Å². The molecule has 104 valence electrons. The van der Waals surface area contributed by atoms with Crippen LogP contribution in [0.4, 0.5) is 0 Å². The predicted octanol–water partition coefficient (Wildman–Crippen LogP) is 3.12. The Morgan fingerprint density at radius 1 is 1.45 bits per heavy atom. The number of carboxylic acid groups (broad SMARTS) is 1. The highest BCUT2D eigenvalue weighted by atomic mass is 79.9. The molecule has 1 aliphatic rings. The molecule has 1 N–H and O–H groups in total. The van der Waals surface area contributed by atoms with Crippen molar-refractivity contribution in [1.29, 1.82) is 0 Å². The first-order valence-corrected chi connectivity index (χ1v) is 7.67. The molecule has 1 amide bonds. The lowest BCUT2D eigenvalue weighted by Crippen LogP contribution is -2.41. The Morgan fingerprint density at radius 2 is 2.05 bits per heavy atom.